The molecule has 0 aliphatic carbocycles. The van der Waals surface area contributed by atoms with E-state index < -0.39 is 43.6 Å². The van der Waals surface area contributed by atoms with Crippen LogP contribution in [0.4, 0.5) is 0 Å². The van der Waals surface area contributed by atoms with E-state index in [0.29, 0.717) is 6.42 Å². The Morgan fingerprint density at radius 2 is 1.96 bits per heavy atom. The number of aliphatic hydroxyl groups is 1. The van der Waals surface area contributed by atoms with Crippen LogP contribution in [0.15, 0.2) is 21.9 Å². The van der Waals surface area contributed by atoms with E-state index in [0.717, 1.165) is 10.6 Å². The maximum absolute atomic E-state index is 11.9. The molecule has 27 heavy (non-hydrogen) atoms. The van der Waals surface area contributed by atoms with Crippen LogP contribution in [0.25, 0.3) is 0 Å². The zero-order valence-corrected chi connectivity index (χ0v) is 17.1. The van der Waals surface area contributed by atoms with Gasteiger partial charge >= 0.3 is 5.69 Å². The summed E-state index contributed by atoms with van der Waals surface area (Å²) < 4.78 is 28.5. The third-order valence-electron chi connectivity index (χ3n) is 3.21. The van der Waals surface area contributed by atoms with Crippen molar-refractivity contribution in [2.45, 2.75) is 59.0 Å². The highest BCUT2D eigenvalue weighted by Crippen LogP contribution is 2.43. The van der Waals surface area contributed by atoms with Crippen LogP contribution in [0.1, 0.15) is 47.3 Å². The largest absolute Gasteiger partial charge is 0.756 e. The molecule has 0 amide bonds. The molecule has 156 valence electrons. The van der Waals surface area contributed by atoms with Gasteiger partial charge in [-0.05, 0) is 33.1 Å². The second-order valence-electron chi connectivity index (χ2n) is 7.49. The molecule has 2 N–H and O–H groups in total. The Labute approximate surface area is 157 Å². The first-order chi connectivity index (χ1) is 12.3. The van der Waals surface area contributed by atoms with Gasteiger partial charge in [-0.3, -0.25) is 18.9 Å². The van der Waals surface area contributed by atoms with Gasteiger partial charge in [-0.15, -0.1) is 0 Å². The first-order valence-corrected chi connectivity index (χ1v) is 10.0. The molecule has 11 heteroatoms. The summed E-state index contributed by atoms with van der Waals surface area (Å²) in [4.78, 5) is 37.1. The molecule has 0 saturated heterocycles. The summed E-state index contributed by atoms with van der Waals surface area (Å²) in [7, 11) is -4.56. The van der Waals surface area contributed by atoms with Crippen LogP contribution >= 0.6 is 7.82 Å². The van der Waals surface area contributed by atoms with Crippen molar-refractivity contribution in [1.29, 1.82) is 0 Å². The summed E-state index contributed by atoms with van der Waals surface area (Å²) in [6.45, 7) is 7.63. The molecular weight excluding hydrogens is 379 g/mol. The Morgan fingerprint density at radius 1 is 1.33 bits per heavy atom. The van der Waals surface area contributed by atoms with Crippen LogP contribution in [0.3, 0.4) is 0 Å². The fraction of sp³-hybridized carbons (Fsp3) is 0.750. The zero-order chi connectivity index (χ0) is 20.8. The molecular formula is C16H28N2O8P-. The van der Waals surface area contributed by atoms with Crippen molar-refractivity contribution < 1.29 is 28.3 Å². The molecule has 1 rings (SSSR count). The van der Waals surface area contributed by atoms with Gasteiger partial charge in [0.05, 0.1) is 24.9 Å². The SMILES string of the molecule is CC(C)C[C@H](COP(=O)([O-])OC(C)(C)C)O[C@H](CO)n1ccc(=O)[nH]c1=O. The van der Waals surface area contributed by atoms with Crippen LogP contribution < -0.4 is 16.1 Å². The van der Waals surface area contributed by atoms with Crippen molar-refractivity contribution >= 4 is 7.82 Å². The van der Waals surface area contributed by atoms with Gasteiger partial charge in [0, 0.05) is 12.3 Å². The summed E-state index contributed by atoms with van der Waals surface area (Å²) in [5, 5.41) is 9.58. The van der Waals surface area contributed by atoms with E-state index in [9.17, 15) is 24.2 Å². The fourth-order valence-corrected chi connectivity index (χ4v) is 3.37. The molecule has 0 bridgehead atoms. The summed E-state index contributed by atoms with van der Waals surface area (Å²) >= 11 is 0. The maximum Gasteiger partial charge on any atom is 0.330 e. The molecule has 0 aliphatic rings. The molecule has 1 aromatic heterocycles. The Bertz CT molecular complexity index is 752. The molecule has 0 aliphatic heterocycles. The minimum Gasteiger partial charge on any atom is -0.756 e. The average molecular weight is 407 g/mol. The number of phosphoric acid groups is 1. The Morgan fingerprint density at radius 3 is 2.44 bits per heavy atom. The molecule has 0 fully saturated rings. The number of nitrogens with one attached hydrogen (secondary N) is 1. The van der Waals surface area contributed by atoms with Gasteiger partial charge in [0.15, 0.2) is 6.23 Å². The molecule has 3 atom stereocenters. The van der Waals surface area contributed by atoms with Gasteiger partial charge in [0.1, 0.15) is 0 Å². The highest BCUT2D eigenvalue weighted by atomic mass is 31.2. The minimum atomic E-state index is -4.56. The molecule has 10 nitrogen and oxygen atoms in total. The first kappa shape index (κ1) is 23.7. The molecule has 1 unspecified atom stereocenters. The second-order valence-corrected chi connectivity index (χ2v) is 8.82. The van der Waals surface area contributed by atoms with Gasteiger partial charge in [-0.25, -0.2) is 4.79 Å². The van der Waals surface area contributed by atoms with Crippen LogP contribution in [0, 0.1) is 5.92 Å². The molecule has 1 heterocycles. The highest BCUT2D eigenvalue weighted by Gasteiger charge is 2.25. The maximum atomic E-state index is 11.9. The summed E-state index contributed by atoms with van der Waals surface area (Å²) in [6.07, 6.45) is -0.260. The van der Waals surface area contributed by atoms with Gasteiger partial charge in [-0.1, -0.05) is 13.8 Å². The van der Waals surface area contributed by atoms with Crippen molar-refractivity contribution in [1.82, 2.24) is 9.55 Å². The van der Waals surface area contributed by atoms with Crippen LogP contribution in [0.5, 0.6) is 0 Å². The Hall–Kier alpha value is -1.29. The lowest BCUT2D eigenvalue weighted by atomic mass is 10.1. The second kappa shape index (κ2) is 9.77. The predicted octanol–water partition coefficient (Wildman–Crippen LogP) is 0.759. The number of nitrogens with zero attached hydrogens (tertiary/aromatic N) is 1. The van der Waals surface area contributed by atoms with E-state index in [1.165, 1.54) is 6.20 Å². The van der Waals surface area contributed by atoms with E-state index in [1.54, 1.807) is 20.8 Å². The fourth-order valence-electron chi connectivity index (χ4n) is 2.30. The number of hydrogen-bond acceptors (Lipinski definition) is 8. The normalized spacial score (nSPS) is 16.9. The zero-order valence-electron chi connectivity index (χ0n) is 16.2. The number of aromatic nitrogens is 2. The third kappa shape index (κ3) is 8.96. The van der Waals surface area contributed by atoms with E-state index >= 15 is 0 Å². The summed E-state index contributed by atoms with van der Waals surface area (Å²) in [5.41, 5.74) is -2.28. The van der Waals surface area contributed by atoms with Crippen LogP contribution in [-0.4, -0.2) is 39.6 Å². The molecule has 1 aromatic rings. The van der Waals surface area contributed by atoms with E-state index in [4.69, 9.17) is 13.8 Å². The van der Waals surface area contributed by atoms with Gasteiger partial charge in [-0.2, -0.15) is 0 Å². The lowest BCUT2D eigenvalue weighted by Crippen LogP contribution is -2.37. The van der Waals surface area contributed by atoms with Crippen LogP contribution in [-0.2, 0) is 18.3 Å². The standard InChI is InChI=1S/C16H29N2O8P/c1-11(2)8-12(10-24-27(22,23)26-16(3,4)5)25-14(9-19)18-7-6-13(20)17-15(18)21/h6-7,11-12,14,19H,8-10H2,1-5H3,(H,22,23)(H,17,20,21)/p-1/t12-,14-/m1/s1. The van der Waals surface area contributed by atoms with Gasteiger partial charge in [0.2, 0.25) is 0 Å². The van der Waals surface area contributed by atoms with Crippen molar-refractivity contribution in [2.75, 3.05) is 13.2 Å². The van der Waals surface area contributed by atoms with Crippen molar-refractivity contribution in [3.63, 3.8) is 0 Å². The monoisotopic (exact) mass is 407 g/mol. The topological polar surface area (TPSA) is 143 Å². The van der Waals surface area contributed by atoms with E-state index in [1.807, 2.05) is 13.8 Å². The molecule has 0 aromatic carbocycles. The Balaban J connectivity index is 2.90. The van der Waals surface area contributed by atoms with Crippen LogP contribution in [0.2, 0.25) is 0 Å². The predicted molar refractivity (Wildman–Crippen MR) is 96.2 cm³/mol. The number of phosphoric ester groups is 1. The molecule has 0 spiro atoms. The lowest BCUT2D eigenvalue weighted by molar-refractivity contribution is -0.237. The highest BCUT2D eigenvalue weighted by molar-refractivity contribution is 7.45. The minimum absolute atomic E-state index is 0.125. The number of rotatable bonds is 10. The number of H-pyrrole nitrogens is 1. The lowest BCUT2D eigenvalue weighted by Gasteiger charge is -2.32. The van der Waals surface area contributed by atoms with Gasteiger partial charge in [0.25, 0.3) is 13.4 Å². The van der Waals surface area contributed by atoms with Crippen molar-refractivity contribution in [3.05, 3.63) is 33.1 Å². The summed E-state index contributed by atoms with van der Waals surface area (Å²) in [6, 6.07) is 1.12. The Kier molecular flexibility index (Phi) is 8.59. The third-order valence-corrected chi connectivity index (χ3v) is 4.44. The first-order valence-electron chi connectivity index (χ1n) is 8.57. The number of hydrogen-bond donors (Lipinski definition) is 2. The van der Waals surface area contributed by atoms with Crippen molar-refractivity contribution in [3.8, 4) is 0 Å². The van der Waals surface area contributed by atoms with E-state index in [2.05, 4.69) is 4.98 Å². The number of aromatic amines is 1. The number of aliphatic hydroxyl groups excluding tert-OH is 1. The average Bonchev–Trinajstić information content (AvgIpc) is 2.48. The quantitative estimate of drug-likeness (QED) is 0.541. The van der Waals surface area contributed by atoms with Crippen molar-refractivity contribution in [2.24, 2.45) is 5.92 Å². The smallest absolute Gasteiger partial charge is 0.330 e. The number of ether oxygens (including phenoxy) is 1. The van der Waals surface area contributed by atoms with Gasteiger partial charge < -0.3 is 23.8 Å². The van der Waals surface area contributed by atoms with E-state index in [-0.39, 0.29) is 12.5 Å². The summed E-state index contributed by atoms with van der Waals surface area (Å²) in [5.74, 6) is 0.125. The molecule has 0 radical (unpaired) electrons. The molecule has 0 saturated carbocycles.